The fraction of sp³-hybridized carbons (Fsp3) is 0.368. The van der Waals surface area contributed by atoms with E-state index in [1.54, 1.807) is 13.3 Å². The maximum Gasteiger partial charge on any atom is 0.180 e. The van der Waals surface area contributed by atoms with Gasteiger partial charge in [0, 0.05) is 69.8 Å². The minimum absolute atomic E-state index is 0.730. The van der Waals surface area contributed by atoms with E-state index in [4.69, 9.17) is 4.74 Å². The Bertz CT molecular complexity index is 889. The number of nitrogens with one attached hydrogen (secondary N) is 1. The molecule has 0 radical (unpaired) electrons. The number of fused-ring (bicyclic) bond motifs is 1. The van der Waals surface area contributed by atoms with Crippen LogP contribution >= 0.6 is 15.9 Å². The number of aromatic nitrogens is 3. The van der Waals surface area contributed by atoms with E-state index >= 15 is 0 Å². The van der Waals surface area contributed by atoms with Gasteiger partial charge in [0.1, 0.15) is 4.60 Å². The van der Waals surface area contributed by atoms with Crippen LogP contribution in [-0.2, 0) is 4.74 Å². The van der Waals surface area contributed by atoms with Gasteiger partial charge in [-0.15, -0.1) is 0 Å². The molecule has 1 fully saturated rings. The second-order valence-corrected chi connectivity index (χ2v) is 7.38. The highest BCUT2D eigenvalue weighted by atomic mass is 79.9. The summed E-state index contributed by atoms with van der Waals surface area (Å²) in [5.74, 6) is 0.730. The van der Waals surface area contributed by atoms with E-state index in [9.17, 15) is 0 Å². The molecule has 0 bridgehead atoms. The highest BCUT2D eigenvalue weighted by Crippen LogP contribution is 2.24. The third-order valence-electron chi connectivity index (χ3n) is 4.82. The molecule has 3 heterocycles. The molecule has 27 heavy (non-hydrogen) atoms. The van der Waals surface area contributed by atoms with E-state index in [1.807, 2.05) is 16.8 Å². The molecule has 1 aliphatic heterocycles. The van der Waals surface area contributed by atoms with E-state index in [1.165, 1.54) is 5.69 Å². The van der Waals surface area contributed by atoms with Crippen molar-refractivity contribution in [2.75, 3.05) is 56.7 Å². The van der Waals surface area contributed by atoms with Gasteiger partial charge in [0.05, 0.1) is 6.61 Å². The maximum atomic E-state index is 5.17. The van der Waals surface area contributed by atoms with Gasteiger partial charge >= 0.3 is 0 Å². The summed E-state index contributed by atoms with van der Waals surface area (Å²) in [7, 11) is 1.76. The number of methoxy groups -OCH3 is 1. The number of hydrogen-bond donors (Lipinski definition) is 1. The lowest BCUT2D eigenvalue weighted by Crippen LogP contribution is -2.47. The lowest BCUT2D eigenvalue weighted by Gasteiger charge is -2.36. The number of halogens is 1. The molecule has 142 valence electrons. The van der Waals surface area contributed by atoms with Crippen molar-refractivity contribution in [1.82, 2.24) is 19.3 Å². The van der Waals surface area contributed by atoms with E-state index in [0.717, 1.165) is 61.1 Å². The molecule has 1 N–H and O–H groups in total. The number of ether oxygens (including phenoxy) is 1. The van der Waals surface area contributed by atoms with E-state index in [0.29, 0.717) is 0 Å². The van der Waals surface area contributed by atoms with Gasteiger partial charge in [-0.05, 0) is 40.2 Å². The summed E-state index contributed by atoms with van der Waals surface area (Å²) in [6.45, 7) is 6.03. The number of nitrogens with zero attached hydrogens (tertiary/aromatic N) is 5. The van der Waals surface area contributed by atoms with Crippen LogP contribution in [0.3, 0.4) is 0 Å². The molecule has 1 saturated heterocycles. The summed E-state index contributed by atoms with van der Waals surface area (Å²) in [4.78, 5) is 13.8. The lowest BCUT2D eigenvalue weighted by atomic mass is 10.2. The number of benzene rings is 1. The Hall–Kier alpha value is -2.16. The number of hydrogen-bond acceptors (Lipinski definition) is 6. The average molecular weight is 431 g/mol. The quantitative estimate of drug-likeness (QED) is 0.648. The van der Waals surface area contributed by atoms with Crippen LogP contribution in [-0.4, -0.2) is 65.7 Å². The zero-order chi connectivity index (χ0) is 18.6. The van der Waals surface area contributed by atoms with Crippen molar-refractivity contribution in [3.63, 3.8) is 0 Å². The number of rotatable bonds is 6. The normalized spacial score (nSPS) is 15.4. The number of imidazole rings is 1. The third-order valence-corrected chi connectivity index (χ3v) is 5.21. The third kappa shape index (κ3) is 4.23. The first-order chi connectivity index (χ1) is 13.2. The first-order valence-corrected chi connectivity index (χ1v) is 9.85. The number of piperazine rings is 1. The predicted octanol–water partition coefficient (Wildman–Crippen LogP) is 3.00. The molecule has 0 spiro atoms. The lowest BCUT2D eigenvalue weighted by molar-refractivity contribution is 0.144. The van der Waals surface area contributed by atoms with Gasteiger partial charge in [0.2, 0.25) is 0 Å². The fourth-order valence-corrected chi connectivity index (χ4v) is 3.73. The van der Waals surface area contributed by atoms with E-state index < -0.39 is 0 Å². The smallest absolute Gasteiger partial charge is 0.180 e. The molecule has 0 amide bonds. The SMILES string of the molecule is COCCN1CCN(c2ccc(Nc3nc(Br)cn4ccnc34)cc2)CC1. The summed E-state index contributed by atoms with van der Waals surface area (Å²) < 4.78 is 7.87. The molecule has 1 aromatic carbocycles. The van der Waals surface area contributed by atoms with E-state index in [-0.39, 0.29) is 0 Å². The Balaban J connectivity index is 1.41. The van der Waals surface area contributed by atoms with Crippen LogP contribution in [0.25, 0.3) is 5.65 Å². The van der Waals surface area contributed by atoms with Gasteiger partial charge in [-0.25, -0.2) is 9.97 Å². The molecule has 0 unspecified atom stereocenters. The van der Waals surface area contributed by atoms with Crippen molar-refractivity contribution in [3.05, 3.63) is 47.5 Å². The van der Waals surface area contributed by atoms with Crippen LogP contribution < -0.4 is 10.2 Å². The van der Waals surface area contributed by atoms with Gasteiger partial charge in [-0.1, -0.05) is 0 Å². The van der Waals surface area contributed by atoms with Crippen LogP contribution in [0.4, 0.5) is 17.2 Å². The first-order valence-electron chi connectivity index (χ1n) is 9.05. The zero-order valence-electron chi connectivity index (χ0n) is 15.3. The van der Waals surface area contributed by atoms with Gasteiger partial charge < -0.3 is 19.4 Å². The van der Waals surface area contributed by atoms with Gasteiger partial charge in [0.25, 0.3) is 0 Å². The monoisotopic (exact) mass is 430 g/mol. The molecule has 2 aromatic heterocycles. The maximum absolute atomic E-state index is 5.17. The zero-order valence-corrected chi connectivity index (χ0v) is 16.9. The highest BCUT2D eigenvalue weighted by Gasteiger charge is 2.16. The summed E-state index contributed by atoms with van der Waals surface area (Å²) in [5, 5.41) is 3.37. The Kier molecular flexibility index (Phi) is 5.56. The van der Waals surface area contributed by atoms with Crippen molar-refractivity contribution < 1.29 is 4.74 Å². The Morgan fingerprint density at radius 1 is 1.15 bits per heavy atom. The molecular formula is C19H23BrN6O. The molecular weight excluding hydrogens is 408 g/mol. The summed E-state index contributed by atoms with van der Waals surface area (Å²) in [6, 6.07) is 8.51. The van der Waals surface area contributed by atoms with Gasteiger partial charge in [-0.2, -0.15) is 0 Å². The molecule has 8 heteroatoms. The van der Waals surface area contributed by atoms with E-state index in [2.05, 4.69) is 65.3 Å². The van der Waals surface area contributed by atoms with Crippen LogP contribution in [0.1, 0.15) is 0 Å². The average Bonchev–Trinajstić information content (AvgIpc) is 3.16. The van der Waals surface area contributed by atoms with Crippen LogP contribution in [0, 0.1) is 0 Å². The van der Waals surface area contributed by atoms with Gasteiger partial charge in [0.15, 0.2) is 11.5 Å². The summed E-state index contributed by atoms with van der Waals surface area (Å²) in [6.07, 6.45) is 5.56. The molecule has 0 saturated carbocycles. The Morgan fingerprint density at radius 2 is 1.93 bits per heavy atom. The minimum atomic E-state index is 0.730. The summed E-state index contributed by atoms with van der Waals surface area (Å²) >= 11 is 3.45. The Labute approximate surface area is 167 Å². The minimum Gasteiger partial charge on any atom is -0.383 e. The predicted molar refractivity (Wildman–Crippen MR) is 111 cm³/mol. The first kappa shape index (κ1) is 18.2. The topological polar surface area (TPSA) is 57.9 Å². The van der Waals surface area contributed by atoms with Crippen molar-refractivity contribution in [1.29, 1.82) is 0 Å². The van der Waals surface area contributed by atoms with Gasteiger partial charge in [-0.3, -0.25) is 4.90 Å². The van der Waals surface area contributed by atoms with Crippen LogP contribution in [0.15, 0.2) is 47.5 Å². The molecule has 7 nitrogen and oxygen atoms in total. The molecule has 1 aliphatic rings. The van der Waals surface area contributed by atoms with Crippen molar-refractivity contribution in [3.8, 4) is 0 Å². The second-order valence-electron chi connectivity index (χ2n) is 6.56. The molecule has 3 aromatic rings. The fourth-order valence-electron chi connectivity index (χ4n) is 3.33. The second kappa shape index (κ2) is 8.24. The largest absolute Gasteiger partial charge is 0.383 e. The van der Waals surface area contributed by atoms with Crippen molar-refractivity contribution >= 4 is 38.8 Å². The van der Waals surface area contributed by atoms with Crippen molar-refractivity contribution in [2.24, 2.45) is 0 Å². The number of anilines is 3. The molecule has 0 aliphatic carbocycles. The standard InChI is InChI=1S/C19H23BrN6O/c1-27-13-12-24-8-10-25(11-9-24)16-4-2-15(3-5-16)22-18-19-21-6-7-26(19)14-17(20)23-18/h2-7,14H,8-13H2,1H3,(H,22,23). The Morgan fingerprint density at radius 3 is 2.67 bits per heavy atom. The molecule has 0 atom stereocenters. The molecule has 4 rings (SSSR count). The summed E-state index contributed by atoms with van der Waals surface area (Å²) in [5.41, 5.74) is 3.04. The van der Waals surface area contributed by atoms with Crippen LogP contribution in [0.5, 0.6) is 0 Å². The van der Waals surface area contributed by atoms with Crippen LogP contribution in [0.2, 0.25) is 0 Å². The highest BCUT2D eigenvalue weighted by molar-refractivity contribution is 9.10. The van der Waals surface area contributed by atoms with Crippen molar-refractivity contribution in [2.45, 2.75) is 0 Å².